The number of carbonyl (C=O) groups is 3. The predicted molar refractivity (Wildman–Crippen MR) is 173 cm³/mol. The van der Waals surface area contributed by atoms with Crippen LogP contribution in [0.1, 0.15) is 22.8 Å². The Bertz CT molecular complexity index is 1840. The minimum absolute atomic E-state index is 0.114. The number of thiazole rings is 1. The van der Waals surface area contributed by atoms with Gasteiger partial charge in [0.25, 0.3) is 11.8 Å². The first-order valence-corrected chi connectivity index (χ1v) is 15.4. The van der Waals surface area contributed by atoms with E-state index < -0.39 is 17.6 Å². The first-order chi connectivity index (χ1) is 21.4. The normalized spacial score (nSPS) is 11.2. The van der Waals surface area contributed by atoms with Crippen molar-refractivity contribution < 1.29 is 23.5 Å². The zero-order chi connectivity index (χ0) is 30.9. The highest BCUT2D eigenvalue weighted by Gasteiger charge is 2.16. The molecule has 0 spiro atoms. The van der Waals surface area contributed by atoms with E-state index >= 15 is 0 Å². The molecule has 222 valence electrons. The SMILES string of the molecule is CCOc1ccc2nc(NC(=O)CSc3cccc(NC(=O)/C(=C/c4ccccc4F)NC(=O)c4ccccc4)c3)sc2c1. The Morgan fingerprint density at radius 3 is 2.52 bits per heavy atom. The van der Waals surface area contributed by atoms with Crippen LogP contribution in [0.15, 0.2) is 108 Å². The molecule has 0 aliphatic carbocycles. The molecule has 5 aromatic rings. The van der Waals surface area contributed by atoms with Gasteiger partial charge in [0.15, 0.2) is 5.13 Å². The highest BCUT2D eigenvalue weighted by atomic mass is 32.2. The molecule has 0 aliphatic rings. The molecule has 8 nitrogen and oxygen atoms in total. The molecule has 0 fully saturated rings. The summed E-state index contributed by atoms with van der Waals surface area (Å²) in [6.45, 7) is 2.48. The fraction of sp³-hybridized carbons (Fsp3) is 0.0909. The first-order valence-electron chi connectivity index (χ1n) is 13.6. The number of hydrogen-bond acceptors (Lipinski definition) is 7. The lowest BCUT2D eigenvalue weighted by molar-refractivity contribution is -0.114. The quantitative estimate of drug-likeness (QED) is 0.108. The number of benzene rings is 4. The van der Waals surface area contributed by atoms with E-state index in [0.29, 0.717) is 23.0 Å². The summed E-state index contributed by atoms with van der Waals surface area (Å²) < 4.78 is 20.8. The zero-order valence-electron chi connectivity index (χ0n) is 23.5. The van der Waals surface area contributed by atoms with Crippen molar-refractivity contribution in [2.45, 2.75) is 11.8 Å². The second kappa shape index (κ2) is 14.5. The average molecular weight is 627 g/mol. The molecule has 5 rings (SSSR count). The molecule has 3 N–H and O–H groups in total. The van der Waals surface area contributed by atoms with Gasteiger partial charge in [-0.15, -0.1) is 11.8 Å². The number of thioether (sulfide) groups is 1. The van der Waals surface area contributed by atoms with E-state index in [2.05, 4.69) is 20.9 Å². The summed E-state index contributed by atoms with van der Waals surface area (Å²) in [4.78, 5) is 44.0. The van der Waals surface area contributed by atoms with Crippen LogP contribution in [-0.2, 0) is 9.59 Å². The van der Waals surface area contributed by atoms with Gasteiger partial charge in [-0.25, -0.2) is 9.37 Å². The van der Waals surface area contributed by atoms with Crippen LogP contribution in [0.5, 0.6) is 5.75 Å². The Kier molecular flexibility index (Phi) is 10.0. The van der Waals surface area contributed by atoms with Gasteiger partial charge in [0, 0.05) is 21.7 Å². The number of halogens is 1. The lowest BCUT2D eigenvalue weighted by Crippen LogP contribution is -2.30. The van der Waals surface area contributed by atoms with E-state index in [4.69, 9.17) is 4.74 Å². The summed E-state index contributed by atoms with van der Waals surface area (Å²) in [5.41, 5.74) is 1.56. The maximum Gasteiger partial charge on any atom is 0.272 e. The summed E-state index contributed by atoms with van der Waals surface area (Å²) in [6.07, 6.45) is 1.29. The Morgan fingerprint density at radius 2 is 1.73 bits per heavy atom. The van der Waals surface area contributed by atoms with E-state index in [1.54, 1.807) is 54.6 Å². The Balaban J connectivity index is 1.24. The highest BCUT2D eigenvalue weighted by Crippen LogP contribution is 2.30. The van der Waals surface area contributed by atoms with Crippen molar-refractivity contribution in [3.63, 3.8) is 0 Å². The number of aromatic nitrogens is 1. The molecule has 4 aromatic carbocycles. The van der Waals surface area contributed by atoms with E-state index in [-0.39, 0.29) is 22.9 Å². The third-order valence-electron chi connectivity index (χ3n) is 6.11. The van der Waals surface area contributed by atoms with E-state index in [1.165, 1.54) is 47.4 Å². The lowest BCUT2D eigenvalue weighted by Gasteiger charge is -2.12. The van der Waals surface area contributed by atoms with E-state index in [1.807, 2.05) is 31.2 Å². The van der Waals surface area contributed by atoms with Crippen molar-refractivity contribution in [1.82, 2.24) is 10.3 Å². The van der Waals surface area contributed by atoms with E-state index in [9.17, 15) is 18.8 Å². The number of hydrogen-bond donors (Lipinski definition) is 3. The molecule has 1 heterocycles. The Hall–Kier alpha value is -5.00. The number of ether oxygens (including phenoxy) is 1. The molecule has 0 radical (unpaired) electrons. The van der Waals surface area contributed by atoms with Crippen molar-refractivity contribution in [2.75, 3.05) is 23.0 Å². The minimum Gasteiger partial charge on any atom is -0.494 e. The van der Waals surface area contributed by atoms with E-state index in [0.717, 1.165) is 20.9 Å². The summed E-state index contributed by atoms with van der Waals surface area (Å²) in [6, 6.07) is 26.9. The fourth-order valence-corrected chi connectivity index (χ4v) is 5.74. The molecule has 0 aliphatic heterocycles. The van der Waals surface area contributed by atoms with Gasteiger partial charge in [0.2, 0.25) is 5.91 Å². The van der Waals surface area contributed by atoms with Gasteiger partial charge in [-0.2, -0.15) is 0 Å². The van der Waals surface area contributed by atoms with Gasteiger partial charge < -0.3 is 20.7 Å². The number of carbonyl (C=O) groups excluding carboxylic acids is 3. The molecule has 11 heteroatoms. The van der Waals surface area contributed by atoms with Crippen LogP contribution in [0.25, 0.3) is 16.3 Å². The first kappa shape index (κ1) is 30.5. The van der Waals surface area contributed by atoms with Crippen molar-refractivity contribution in [2.24, 2.45) is 0 Å². The predicted octanol–water partition coefficient (Wildman–Crippen LogP) is 6.97. The van der Waals surface area contributed by atoms with Gasteiger partial charge in [0.1, 0.15) is 17.3 Å². The third kappa shape index (κ3) is 8.09. The van der Waals surface area contributed by atoms with Gasteiger partial charge in [0.05, 0.1) is 22.6 Å². The molecule has 0 atom stereocenters. The Morgan fingerprint density at radius 1 is 0.932 bits per heavy atom. The number of rotatable bonds is 11. The largest absolute Gasteiger partial charge is 0.494 e. The average Bonchev–Trinajstić information content (AvgIpc) is 3.43. The summed E-state index contributed by atoms with van der Waals surface area (Å²) in [5.74, 6) is -1.06. The maximum absolute atomic E-state index is 14.4. The second-order valence-corrected chi connectivity index (χ2v) is 11.4. The van der Waals surface area contributed by atoms with Crippen LogP contribution >= 0.6 is 23.1 Å². The smallest absolute Gasteiger partial charge is 0.272 e. The number of nitrogens with one attached hydrogen (secondary N) is 3. The number of amides is 3. The van der Waals surface area contributed by atoms with Crippen LogP contribution in [0.2, 0.25) is 0 Å². The van der Waals surface area contributed by atoms with Gasteiger partial charge in [-0.1, -0.05) is 53.8 Å². The number of fused-ring (bicyclic) bond motifs is 1. The molecule has 3 amide bonds. The van der Waals surface area contributed by atoms with Gasteiger partial charge >= 0.3 is 0 Å². The molecule has 0 unspecified atom stereocenters. The van der Waals surface area contributed by atoms with Crippen molar-refractivity contribution >= 4 is 67.9 Å². The van der Waals surface area contributed by atoms with Crippen molar-refractivity contribution in [3.8, 4) is 5.75 Å². The zero-order valence-corrected chi connectivity index (χ0v) is 25.1. The van der Waals surface area contributed by atoms with Crippen LogP contribution in [0.4, 0.5) is 15.2 Å². The fourth-order valence-electron chi connectivity index (χ4n) is 4.07. The molecule has 0 bridgehead atoms. The Labute approximate surface area is 261 Å². The van der Waals surface area contributed by atoms with Crippen molar-refractivity contribution in [3.05, 3.63) is 120 Å². The van der Waals surface area contributed by atoms with Crippen LogP contribution < -0.4 is 20.7 Å². The second-order valence-electron chi connectivity index (χ2n) is 9.30. The van der Waals surface area contributed by atoms with Gasteiger partial charge in [-0.3, -0.25) is 14.4 Å². The van der Waals surface area contributed by atoms with Crippen LogP contribution in [-0.4, -0.2) is 35.1 Å². The summed E-state index contributed by atoms with van der Waals surface area (Å²) in [7, 11) is 0. The topological polar surface area (TPSA) is 109 Å². The van der Waals surface area contributed by atoms with Gasteiger partial charge in [-0.05, 0) is 67.6 Å². The van der Waals surface area contributed by atoms with Crippen LogP contribution in [0.3, 0.4) is 0 Å². The highest BCUT2D eigenvalue weighted by molar-refractivity contribution is 8.00. The molecular formula is C33H27FN4O4S2. The number of anilines is 2. The number of nitrogens with zero attached hydrogens (tertiary/aromatic N) is 1. The molecule has 0 saturated carbocycles. The summed E-state index contributed by atoms with van der Waals surface area (Å²) in [5, 5.41) is 8.68. The third-order valence-corrected chi connectivity index (χ3v) is 8.04. The monoisotopic (exact) mass is 626 g/mol. The lowest BCUT2D eigenvalue weighted by atomic mass is 10.1. The molecule has 44 heavy (non-hydrogen) atoms. The maximum atomic E-state index is 14.4. The van der Waals surface area contributed by atoms with Crippen molar-refractivity contribution in [1.29, 1.82) is 0 Å². The van der Waals surface area contributed by atoms with Crippen LogP contribution in [0, 0.1) is 5.82 Å². The summed E-state index contributed by atoms with van der Waals surface area (Å²) >= 11 is 2.65. The molecule has 1 aromatic heterocycles. The standard InChI is InChI=1S/C33H27FN4O4S2/c1-2-42-24-15-16-27-29(19-24)44-33(37-27)38-30(39)20-43-25-13-8-12-23(18-25)35-32(41)28(17-22-11-6-7-14-26(22)34)36-31(40)21-9-4-3-5-10-21/h3-19H,2,20H2,1H3,(H,35,41)(H,36,40)(H,37,38,39)/b28-17-. The molecular weight excluding hydrogens is 600 g/mol. The molecule has 0 saturated heterocycles. The minimum atomic E-state index is -0.638.